The van der Waals surface area contributed by atoms with Crippen LogP contribution < -0.4 is 5.73 Å². The van der Waals surface area contributed by atoms with Gasteiger partial charge in [-0.05, 0) is 37.0 Å². The van der Waals surface area contributed by atoms with Gasteiger partial charge in [-0.25, -0.2) is 0 Å². The summed E-state index contributed by atoms with van der Waals surface area (Å²) in [5, 5.41) is 0. The maximum absolute atomic E-state index is 6.18. The summed E-state index contributed by atoms with van der Waals surface area (Å²) in [7, 11) is 1.73. The molecule has 0 aliphatic heterocycles. The van der Waals surface area contributed by atoms with E-state index in [0.29, 0.717) is 5.41 Å². The highest BCUT2D eigenvalue weighted by Crippen LogP contribution is 2.40. The molecular weight excluding hydrogens is 226 g/mol. The Morgan fingerprint density at radius 2 is 1.94 bits per heavy atom. The average molecular weight is 257 g/mol. The van der Waals surface area contributed by atoms with E-state index in [1.807, 2.05) is 0 Å². The molecule has 0 aromatic heterocycles. The zero-order valence-electron chi connectivity index (χ0n) is 12.6. The van der Waals surface area contributed by atoms with Gasteiger partial charge in [-0.15, -0.1) is 0 Å². The first-order valence-electron chi connectivity index (χ1n) is 7.37. The van der Waals surface area contributed by atoms with Gasteiger partial charge in [0.15, 0.2) is 0 Å². The van der Waals surface area contributed by atoms with Gasteiger partial charge < -0.3 is 15.2 Å². The van der Waals surface area contributed by atoms with Gasteiger partial charge in [0.05, 0.1) is 6.10 Å². The molecule has 3 nitrogen and oxygen atoms in total. The SMILES string of the molecule is CCC(C)(C)C1CCC(N)C(OCCCOC)C1. The van der Waals surface area contributed by atoms with Crippen molar-refractivity contribution in [2.24, 2.45) is 17.1 Å². The predicted octanol–water partition coefficient (Wildman–Crippen LogP) is 2.97. The van der Waals surface area contributed by atoms with Crippen LogP contribution in [0.4, 0.5) is 0 Å². The molecule has 0 amide bonds. The summed E-state index contributed by atoms with van der Waals surface area (Å²) in [6.45, 7) is 8.56. The molecule has 1 fully saturated rings. The van der Waals surface area contributed by atoms with Crippen molar-refractivity contribution in [1.82, 2.24) is 0 Å². The maximum atomic E-state index is 6.18. The fraction of sp³-hybridized carbons (Fsp3) is 1.00. The number of rotatable bonds is 7. The first-order valence-corrected chi connectivity index (χ1v) is 7.37. The number of ether oxygens (including phenoxy) is 2. The molecular formula is C15H31NO2. The van der Waals surface area contributed by atoms with Crippen LogP contribution in [0.15, 0.2) is 0 Å². The number of hydrogen-bond acceptors (Lipinski definition) is 3. The summed E-state index contributed by atoms with van der Waals surface area (Å²) < 4.78 is 11.0. The lowest BCUT2D eigenvalue weighted by Crippen LogP contribution is -2.45. The summed E-state index contributed by atoms with van der Waals surface area (Å²) in [6, 6.07) is 0.219. The lowest BCUT2D eigenvalue weighted by atomic mass is 9.68. The lowest BCUT2D eigenvalue weighted by Gasteiger charge is -2.41. The van der Waals surface area contributed by atoms with Gasteiger partial charge in [-0.2, -0.15) is 0 Å². The van der Waals surface area contributed by atoms with E-state index in [1.54, 1.807) is 7.11 Å². The van der Waals surface area contributed by atoms with E-state index in [2.05, 4.69) is 20.8 Å². The Hall–Kier alpha value is -0.120. The Labute approximate surface area is 112 Å². The van der Waals surface area contributed by atoms with Crippen molar-refractivity contribution >= 4 is 0 Å². The van der Waals surface area contributed by atoms with Crippen LogP contribution in [0.1, 0.15) is 52.9 Å². The summed E-state index contributed by atoms with van der Waals surface area (Å²) >= 11 is 0. The van der Waals surface area contributed by atoms with Gasteiger partial charge in [0.1, 0.15) is 0 Å². The van der Waals surface area contributed by atoms with E-state index in [9.17, 15) is 0 Å². The van der Waals surface area contributed by atoms with Crippen molar-refractivity contribution in [3.63, 3.8) is 0 Å². The van der Waals surface area contributed by atoms with Crippen LogP contribution >= 0.6 is 0 Å². The number of methoxy groups -OCH3 is 1. The standard InChI is InChI=1S/C15H31NO2/c1-5-15(2,3)12-7-8-13(16)14(11-12)18-10-6-9-17-4/h12-14H,5-11,16H2,1-4H3. The molecule has 0 aromatic carbocycles. The molecule has 3 unspecified atom stereocenters. The fourth-order valence-corrected chi connectivity index (χ4v) is 2.78. The van der Waals surface area contributed by atoms with Crippen LogP contribution in [0.25, 0.3) is 0 Å². The van der Waals surface area contributed by atoms with Gasteiger partial charge in [0.2, 0.25) is 0 Å². The van der Waals surface area contributed by atoms with E-state index >= 15 is 0 Å². The largest absolute Gasteiger partial charge is 0.385 e. The summed E-state index contributed by atoms with van der Waals surface area (Å²) in [5.41, 5.74) is 6.60. The quantitative estimate of drug-likeness (QED) is 0.713. The molecule has 0 saturated heterocycles. The van der Waals surface area contributed by atoms with Crippen LogP contribution in [0.5, 0.6) is 0 Å². The second-order valence-electron chi connectivity index (χ2n) is 6.27. The van der Waals surface area contributed by atoms with Gasteiger partial charge in [-0.3, -0.25) is 0 Å². The van der Waals surface area contributed by atoms with Gasteiger partial charge in [0, 0.05) is 26.4 Å². The molecule has 0 aromatic rings. The number of hydrogen-bond donors (Lipinski definition) is 1. The monoisotopic (exact) mass is 257 g/mol. The fourth-order valence-electron chi connectivity index (χ4n) is 2.78. The van der Waals surface area contributed by atoms with E-state index in [1.165, 1.54) is 12.8 Å². The Balaban J connectivity index is 2.41. The summed E-state index contributed by atoms with van der Waals surface area (Å²) in [5.74, 6) is 0.745. The third-order valence-corrected chi connectivity index (χ3v) is 4.68. The van der Waals surface area contributed by atoms with Crippen molar-refractivity contribution in [3.05, 3.63) is 0 Å². The second-order valence-corrected chi connectivity index (χ2v) is 6.27. The molecule has 18 heavy (non-hydrogen) atoms. The zero-order valence-corrected chi connectivity index (χ0v) is 12.6. The Morgan fingerprint density at radius 1 is 1.22 bits per heavy atom. The Bertz CT molecular complexity index is 231. The van der Waals surface area contributed by atoms with Crippen molar-refractivity contribution in [2.75, 3.05) is 20.3 Å². The van der Waals surface area contributed by atoms with Gasteiger partial charge >= 0.3 is 0 Å². The van der Waals surface area contributed by atoms with Crippen LogP contribution in [-0.4, -0.2) is 32.5 Å². The highest BCUT2D eigenvalue weighted by atomic mass is 16.5. The molecule has 3 atom stereocenters. The molecule has 0 spiro atoms. The van der Waals surface area contributed by atoms with Crippen molar-refractivity contribution in [3.8, 4) is 0 Å². The van der Waals surface area contributed by atoms with Crippen LogP contribution in [0.2, 0.25) is 0 Å². The molecule has 1 aliphatic carbocycles. The minimum absolute atomic E-state index is 0.219. The van der Waals surface area contributed by atoms with Crippen molar-refractivity contribution in [2.45, 2.75) is 65.0 Å². The van der Waals surface area contributed by atoms with E-state index in [4.69, 9.17) is 15.2 Å². The second kappa shape index (κ2) is 7.46. The first kappa shape index (κ1) is 15.9. The highest BCUT2D eigenvalue weighted by Gasteiger charge is 2.36. The normalized spacial score (nSPS) is 29.5. The molecule has 108 valence electrons. The lowest BCUT2D eigenvalue weighted by molar-refractivity contribution is -0.0275. The third kappa shape index (κ3) is 4.52. The Kier molecular flexibility index (Phi) is 6.61. The van der Waals surface area contributed by atoms with E-state index < -0.39 is 0 Å². The summed E-state index contributed by atoms with van der Waals surface area (Å²) in [6.07, 6.45) is 5.90. The van der Waals surface area contributed by atoms with E-state index in [-0.39, 0.29) is 12.1 Å². The molecule has 3 heteroatoms. The number of nitrogens with two attached hydrogens (primary N) is 1. The molecule has 1 aliphatic rings. The summed E-state index contributed by atoms with van der Waals surface area (Å²) in [4.78, 5) is 0. The van der Waals surface area contributed by atoms with Crippen LogP contribution in [0, 0.1) is 11.3 Å². The minimum atomic E-state index is 0.219. The van der Waals surface area contributed by atoms with Crippen LogP contribution in [0.3, 0.4) is 0 Å². The topological polar surface area (TPSA) is 44.5 Å². The smallest absolute Gasteiger partial charge is 0.0728 e. The molecule has 1 saturated carbocycles. The van der Waals surface area contributed by atoms with Gasteiger partial charge in [0.25, 0.3) is 0 Å². The van der Waals surface area contributed by atoms with Crippen LogP contribution in [-0.2, 0) is 9.47 Å². The predicted molar refractivity (Wildman–Crippen MR) is 75.6 cm³/mol. The molecule has 0 radical (unpaired) electrons. The third-order valence-electron chi connectivity index (χ3n) is 4.68. The highest BCUT2D eigenvalue weighted by molar-refractivity contribution is 4.89. The minimum Gasteiger partial charge on any atom is -0.385 e. The molecule has 2 N–H and O–H groups in total. The maximum Gasteiger partial charge on any atom is 0.0728 e. The van der Waals surface area contributed by atoms with Gasteiger partial charge in [-0.1, -0.05) is 27.2 Å². The van der Waals surface area contributed by atoms with Crippen molar-refractivity contribution in [1.29, 1.82) is 0 Å². The first-order chi connectivity index (χ1) is 8.51. The molecule has 0 heterocycles. The van der Waals surface area contributed by atoms with E-state index in [0.717, 1.165) is 38.4 Å². The van der Waals surface area contributed by atoms with Crippen molar-refractivity contribution < 1.29 is 9.47 Å². The zero-order chi connectivity index (χ0) is 13.6. The average Bonchev–Trinajstić information content (AvgIpc) is 2.36. The Morgan fingerprint density at radius 3 is 2.56 bits per heavy atom. The molecule has 0 bridgehead atoms. The molecule has 1 rings (SSSR count).